The first-order chi connectivity index (χ1) is 7.86. The Labute approximate surface area is 101 Å². The number of ether oxygens (including phenoxy) is 1. The van der Waals surface area contributed by atoms with E-state index in [0.717, 1.165) is 26.3 Å². The van der Waals surface area contributed by atoms with E-state index in [9.17, 15) is 0 Å². The van der Waals surface area contributed by atoms with Gasteiger partial charge in [-0.15, -0.1) is 11.3 Å². The number of thiazole rings is 1. The summed E-state index contributed by atoms with van der Waals surface area (Å²) < 4.78 is 5.46. The lowest BCUT2D eigenvalue weighted by Gasteiger charge is -2.22. The van der Waals surface area contributed by atoms with Gasteiger partial charge in [0.05, 0.1) is 11.6 Å². The molecule has 0 radical (unpaired) electrons. The monoisotopic (exact) mass is 240 g/mol. The molecule has 2 heterocycles. The van der Waals surface area contributed by atoms with Gasteiger partial charge in [0.2, 0.25) is 0 Å². The highest BCUT2D eigenvalue weighted by atomic mass is 32.1. The molecule has 2 atom stereocenters. The molecule has 90 valence electrons. The fourth-order valence-electron chi connectivity index (χ4n) is 2.04. The van der Waals surface area contributed by atoms with Gasteiger partial charge in [0, 0.05) is 37.2 Å². The van der Waals surface area contributed by atoms with Crippen LogP contribution in [-0.2, 0) is 4.74 Å². The molecule has 1 N–H and O–H groups in total. The Bertz CT molecular complexity index is 283. The summed E-state index contributed by atoms with van der Waals surface area (Å²) in [6.45, 7) is 6.20. The molecule has 4 heteroatoms. The molecule has 0 amide bonds. The molecule has 2 rings (SSSR count). The molecule has 1 fully saturated rings. The zero-order chi connectivity index (χ0) is 11.2. The second-order valence-electron chi connectivity index (χ2n) is 4.51. The molecule has 1 aromatic heterocycles. The van der Waals surface area contributed by atoms with Gasteiger partial charge in [-0.05, 0) is 18.8 Å². The molecule has 0 bridgehead atoms. The predicted octanol–water partition coefficient (Wildman–Crippen LogP) is 2.26. The number of nitrogens with one attached hydrogen (secondary N) is 1. The normalized spacial score (nSPS) is 23.2. The first kappa shape index (κ1) is 12.0. The molecule has 1 aliphatic rings. The van der Waals surface area contributed by atoms with Gasteiger partial charge in [-0.25, -0.2) is 4.98 Å². The molecular weight excluding hydrogens is 220 g/mol. The van der Waals surface area contributed by atoms with E-state index in [2.05, 4.69) is 17.2 Å². The summed E-state index contributed by atoms with van der Waals surface area (Å²) in [4.78, 5) is 4.34. The lowest BCUT2D eigenvalue weighted by molar-refractivity contribution is 0.0548. The van der Waals surface area contributed by atoms with E-state index in [0.29, 0.717) is 11.8 Å². The molecule has 3 nitrogen and oxygen atoms in total. The smallest absolute Gasteiger partial charge is 0.0965 e. The fourth-order valence-corrected chi connectivity index (χ4v) is 2.74. The predicted molar refractivity (Wildman–Crippen MR) is 66.9 cm³/mol. The van der Waals surface area contributed by atoms with Crippen molar-refractivity contribution in [1.29, 1.82) is 0 Å². The van der Waals surface area contributed by atoms with Crippen LogP contribution in [-0.4, -0.2) is 31.3 Å². The Morgan fingerprint density at radius 3 is 3.31 bits per heavy atom. The highest BCUT2D eigenvalue weighted by Gasteiger charge is 2.14. The summed E-state index contributed by atoms with van der Waals surface area (Å²) in [6, 6.07) is 0. The zero-order valence-corrected chi connectivity index (χ0v) is 10.6. The van der Waals surface area contributed by atoms with Crippen molar-refractivity contribution in [2.24, 2.45) is 5.92 Å². The first-order valence-electron chi connectivity index (χ1n) is 6.04. The minimum atomic E-state index is 0.518. The quantitative estimate of drug-likeness (QED) is 0.857. The topological polar surface area (TPSA) is 34.1 Å². The lowest BCUT2D eigenvalue weighted by Crippen LogP contribution is -2.31. The number of aromatic nitrogens is 1. The lowest BCUT2D eigenvalue weighted by atomic mass is 10.0. The van der Waals surface area contributed by atoms with Gasteiger partial charge in [-0.3, -0.25) is 0 Å². The van der Waals surface area contributed by atoms with Crippen molar-refractivity contribution < 1.29 is 4.74 Å². The second-order valence-corrected chi connectivity index (χ2v) is 5.44. The van der Waals surface area contributed by atoms with Gasteiger partial charge >= 0.3 is 0 Å². The van der Waals surface area contributed by atoms with Crippen LogP contribution in [0.4, 0.5) is 0 Å². The van der Waals surface area contributed by atoms with Crippen LogP contribution in [0.2, 0.25) is 0 Å². The van der Waals surface area contributed by atoms with Crippen LogP contribution >= 0.6 is 11.3 Å². The molecule has 1 saturated heterocycles. The average Bonchev–Trinajstić information content (AvgIpc) is 2.84. The van der Waals surface area contributed by atoms with Crippen molar-refractivity contribution in [3.8, 4) is 0 Å². The molecule has 0 aliphatic carbocycles. The molecule has 1 aromatic rings. The summed E-state index contributed by atoms with van der Waals surface area (Å²) in [7, 11) is 0. The largest absolute Gasteiger partial charge is 0.381 e. The number of nitrogens with zero attached hydrogens (tertiary/aromatic N) is 1. The van der Waals surface area contributed by atoms with Crippen molar-refractivity contribution in [1.82, 2.24) is 10.3 Å². The van der Waals surface area contributed by atoms with Gasteiger partial charge < -0.3 is 10.1 Å². The zero-order valence-electron chi connectivity index (χ0n) is 9.82. The average molecular weight is 240 g/mol. The van der Waals surface area contributed by atoms with Crippen LogP contribution in [0.3, 0.4) is 0 Å². The maximum atomic E-state index is 5.46. The van der Waals surface area contributed by atoms with E-state index >= 15 is 0 Å². The van der Waals surface area contributed by atoms with Crippen LogP contribution in [0, 0.1) is 5.92 Å². The molecular formula is C12H20N2OS. The molecule has 0 aromatic carbocycles. The minimum absolute atomic E-state index is 0.518. The van der Waals surface area contributed by atoms with Crippen LogP contribution in [0.5, 0.6) is 0 Å². The van der Waals surface area contributed by atoms with Crippen LogP contribution in [0.15, 0.2) is 11.6 Å². The second kappa shape index (κ2) is 6.33. The van der Waals surface area contributed by atoms with Crippen molar-refractivity contribution in [3.05, 3.63) is 16.6 Å². The Hall–Kier alpha value is -0.450. The Morgan fingerprint density at radius 1 is 1.69 bits per heavy atom. The molecule has 16 heavy (non-hydrogen) atoms. The van der Waals surface area contributed by atoms with Crippen LogP contribution in [0.1, 0.15) is 30.7 Å². The highest BCUT2D eigenvalue weighted by Crippen LogP contribution is 2.17. The summed E-state index contributed by atoms with van der Waals surface area (Å²) in [5, 5.41) is 6.80. The van der Waals surface area contributed by atoms with Crippen LogP contribution in [0.25, 0.3) is 0 Å². The molecule has 0 spiro atoms. The first-order valence-corrected chi connectivity index (χ1v) is 6.92. The third-order valence-electron chi connectivity index (χ3n) is 3.01. The van der Waals surface area contributed by atoms with E-state index in [4.69, 9.17) is 4.74 Å². The summed E-state index contributed by atoms with van der Waals surface area (Å²) >= 11 is 1.74. The Kier molecular flexibility index (Phi) is 4.75. The van der Waals surface area contributed by atoms with E-state index in [1.807, 2.05) is 11.6 Å². The van der Waals surface area contributed by atoms with E-state index < -0.39 is 0 Å². The van der Waals surface area contributed by atoms with Gasteiger partial charge in [0.15, 0.2) is 0 Å². The molecule has 0 saturated carbocycles. The third kappa shape index (κ3) is 3.54. The van der Waals surface area contributed by atoms with Crippen LogP contribution < -0.4 is 5.32 Å². The highest BCUT2D eigenvalue weighted by molar-refractivity contribution is 7.09. The van der Waals surface area contributed by atoms with Gasteiger partial charge in [0.1, 0.15) is 0 Å². The Morgan fingerprint density at radius 2 is 2.62 bits per heavy atom. The number of hydrogen-bond acceptors (Lipinski definition) is 4. The number of rotatable bonds is 5. The third-order valence-corrected chi connectivity index (χ3v) is 4.02. The van der Waals surface area contributed by atoms with Crippen molar-refractivity contribution in [2.45, 2.75) is 25.7 Å². The van der Waals surface area contributed by atoms with Crippen molar-refractivity contribution in [3.63, 3.8) is 0 Å². The van der Waals surface area contributed by atoms with Gasteiger partial charge in [-0.1, -0.05) is 6.92 Å². The summed E-state index contributed by atoms with van der Waals surface area (Å²) in [5.41, 5.74) is 0. The summed E-state index contributed by atoms with van der Waals surface area (Å²) in [6.07, 6.45) is 4.40. The summed E-state index contributed by atoms with van der Waals surface area (Å²) in [5.74, 6) is 1.22. The Balaban J connectivity index is 1.63. The van der Waals surface area contributed by atoms with Gasteiger partial charge in [0.25, 0.3) is 0 Å². The minimum Gasteiger partial charge on any atom is -0.381 e. The van der Waals surface area contributed by atoms with E-state index in [-0.39, 0.29) is 0 Å². The molecule has 1 aliphatic heterocycles. The fraction of sp³-hybridized carbons (Fsp3) is 0.750. The number of hydrogen-bond donors (Lipinski definition) is 1. The standard InChI is InChI=1S/C12H20N2OS/c1-10(12-14-4-6-16-12)7-13-8-11-3-2-5-15-9-11/h4,6,10-11,13H,2-3,5,7-9H2,1H3. The van der Waals surface area contributed by atoms with E-state index in [1.54, 1.807) is 11.3 Å². The SMILES string of the molecule is CC(CNCC1CCCOC1)c1nccs1. The van der Waals surface area contributed by atoms with E-state index in [1.165, 1.54) is 17.8 Å². The maximum absolute atomic E-state index is 5.46. The van der Waals surface area contributed by atoms with Crippen molar-refractivity contribution in [2.75, 3.05) is 26.3 Å². The molecule has 2 unspecified atom stereocenters. The van der Waals surface area contributed by atoms with Gasteiger partial charge in [-0.2, -0.15) is 0 Å². The van der Waals surface area contributed by atoms with Crippen molar-refractivity contribution >= 4 is 11.3 Å². The maximum Gasteiger partial charge on any atom is 0.0965 e.